The lowest BCUT2D eigenvalue weighted by molar-refractivity contribution is 0.556. The van der Waals surface area contributed by atoms with Gasteiger partial charge in [-0.05, 0) is 31.4 Å². The van der Waals surface area contributed by atoms with Crippen molar-refractivity contribution >= 4 is 17.3 Å². The molecule has 1 aromatic heterocycles. The van der Waals surface area contributed by atoms with Gasteiger partial charge >= 0.3 is 0 Å². The van der Waals surface area contributed by atoms with Crippen LogP contribution in [0.1, 0.15) is 39.0 Å². The Kier molecular flexibility index (Phi) is 4.05. The number of hydrogen-bond donors (Lipinski definition) is 0. The van der Waals surface area contributed by atoms with E-state index in [0.717, 1.165) is 6.54 Å². The molecule has 0 aromatic carbocycles. The Morgan fingerprint density at radius 1 is 1.44 bits per heavy atom. The average Bonchev–Trinajstić information content (AvgIpc) is 2.53. The zero-order valence-electron chi connectivity index (χ0n) is 9.82. The second-order valence-electron chi connectivity index (χ2n) is 4.44. The molecule has 2 rings (SSSR count). The molecule has 1 aliphatic heterocycles. The molecule has 16 heavy (non-hydrogen) atoms. The summed E-state index contributed by atoms with van der Waals surface area (Å²) in [4.78, 5) is 6.55. The average molecular weight is 239 g/mol. The van der Waals surface area contributed by atoms with E-state index in [-0.39, 0.29) is 0 Å². The molecule has 0 amide bonds. The van der Waals surface area contributed by atoms with Crippen LogP contribution in [0.4, 0.5) is 5.69 Å². The standard InChI is InChI=1S/C13H19ClN2/c1-2-11-6-4-3-5-9-16(11)12-7-8-15-13(14)10-12/h7-8,10-11H,2-6,9H2,1H3. The smallest absolute Gasteiger partial charge is 0.131 e. The van der Waals surface area contributed by atoms with Crippen molar-refractivity contribution in [2.75, 3.05) is 11.4 Å². The maximum absolute atomic E-state index is 5.96. The van der Waals surface area contributed by atoms with Gasteiger partial charge in [-0.15, -0.1) is 0 Å². The fraction of sp³-hybridized carbons (Fsp3) is 0.615. The van der Waals surface area contributed by atoms with Crippen molar-refractivity contribution in [2.45, 2.75) is 45.1 Å². The van der Waals surface area contributed by atoms with Crippen LogP contribution < -0.4 is 4.90 Å². The number of hydrogen-bond acceptors (Lipinski definition) is 2. The summed E-state index contributed by atoms with van der Waals surface area (Å²) in [5.74, 6) is 0. The van der Waals surface area contributed by atoms with E-state index >= 15 is 0 Å². The molecule has 0 N–H and O–H groups in total. The zero-order chi connectivity index (χ0) is 11.4. The zero-order valence-corrected chi connectivity index (χ0v) is 10.6. The van der Waals surface area contributed by atoms with Crippen molar-refractivity contribution in [1.82, 2.24) is 4.98 Å². The lowest BCUT2D eigenvalue weighted by Crippen LogP contribution is -2.34. The Morgan fingerprint density at radius 3 is 3.06 bits per heavy atom. The molecule has 0 bridgehead atoms. The Morgan fingerprint density at radius 2 is 2.31 bits per heavy atom. The Bertz CT molecular complexity index is 340. The van der Waals surface area contributed by atoms with Crippen LogP contribution in [0.2, 0.25) is 5.15 Å². The third-order valence-corrected chi connectivity index (χ3v) is 3.60. The minimum atomic E-state index is 0.594. The molecule has 1 aromatic rings. The normalized spacial score (nSPS) is 21.9. The molecule has 1 fully saturated rings. The van der Waals surface area contributed by atoms with Gasteiger partial charge < -0.3 is 4.90 Å². The van der Waals surface area contributed by atoms with Crippen molar-refractivity contribution in [1.29, 1.82) is 0 Å². The van der Waals surface area contributed by atoms with Gasteiger partial charge in [-0.2, -0.15) is 0 Å². The molecule has 2 heterocycles. The third-order valence-electron chi connectivity index (χ3n) is 3.39. The van der Waals surface area contributed by atoms with E-state index in [0.29, 0.717) is 11.2 Å². The number of aromatic nitrogens is 1. The molecule has 0 saturated carbocycles. The molecule has 0 aliphatic carbocycles. The second-order valence-corrected chi connectivity index (χ2v) is 4.83. The number of anilines is 1. The minimum absolute atomic E-state index is 0.594. The van der Waals surface area contributed by atoms with Gasteiger partial charge in [0.25, 0.3) is 0 Å². The van der Waals surface area contributed by atoms with E-state index in [1.807, 2.05) is 6.07 Å². The summed E-state index contributed by atoms with van der Waals surface area (Å²) in [6.07, 6.45) is 8.31. The first kappa shape index (κ1) is 11.7. The Balaban J connectivity index is 2.21. The van der Waals surface area contributed by atoms with Crippen molar-refractivity contribution in [3.63, 3.8) is 0 Å². The molecule has 0 spiro atoms. The van der Waals surface area contributed by atoms with Crippen LogP contribution in [0.3, 0.4) is 0 Å². The maximum atomic E-state index is 5.96. The molecular weight excluding hydrogens is 220 g/mol. The Hall–Kier alpha value is -0.760. The highest BCUT2D eigenvalue weighted by Crippen LogP contribution is 2.26. The summed E-state index contributed by atoms with van der Waals surface area (Å²) in [5, 5.41) is 0.594. The quantitative estimate of drug-likeness (QED) is 0.727. The SMILES string of the molecule is CCC1CCCCCN1c1ccnc(Cl)c1. The maximum Gasteiger partial charge on any atom is 0.131 e. The van der Waals surface area contributed by atoms with Crippen LogP contribution in [0.25, 0.3) is 0 Å². The predicted octanol–water partition coefficient (Wildman–Crippen LogP) is 3.89. The fourth-order valence-electron chi connectivity index (χ4n) is 2.51. The monoisotopic (exact) mass is 238 g/mol. The first-order valence-corrected chi connectivity index (χ1v) is 6.57. The van der Waals surface area contributed by atoms with Crippen LogP contribution in [0, 0.1) is 0 Å². The van der Waals surface area contributed by atoms with Gasteiger partial charge in [-0.3, -0.25) is 0 Å². The third kappa shape index (κ3) is 2.67. The van der Waals surface area contributed by atoms with Crippen molar-refractivity contribution in [2.24, 2.45) is 0 Å². The van der Waals surface area contributed by atoms with Gasteiger partial charge in [0, 0.05) is 24.5 Å². The van der Waals surface area contributed by atoms with E-state index in [9.17, 15) is 0 Å². The lowest BCUT2D eigenvalue weighted by Gasteiger charge is -2.31. The Labute approximate surface area is 103 Å². The van der Waals surface area contributed by atoms with Crippen molar-refractivity contribution in [3.8, 4) is 0 Å². The predicted molar refractivity (Wildman–Crippen MR) is 69.1 cm³/mol. The van der Waals surface area contributed by atoms with Crippen LogP contribution in [-0.2, 0) is 0 Å². The van der Waals surface area contributed by atoms with Crippen LogP contribution in [0.5, 0.6) is 0 Å². The van der Waals surface area contributed by atoms with Crippen molar-refractivity contribution in [3.05, 3.63) is 23.5 Å². The first-order valence-electron chi connectivity index (χ1n) is 6.19. The highest BCUT2D eigenvalue weighted by Gasteiger charge is 2.19. The number of nitrogens with zero attached hydrogens (tertiary/aromatic N) is 2. The van der Waals surface area contributed by atoms with Crippen LogP contribution in [-0.4, -0.2) is 17.6 Å². The summed E-state index contributed by atoms with van der Waals surface area (Å²) in [6.45, 7) is 3.42. The molecular formula is C13H19ClN2. The summed E-state index contributed by atoms with van der Waals surface area (Å²) >= 11 is 5.96. The van der Waals surface area contributed by atoms with E-state index in [4.69, 9.17) is 11.6 Å². The summed E-state index contributed by atoms with van der Waals surface area (Å²) in [6, 6.07) is 4.72. The van der Waals surface area contributed by atoms with Crippen LogP contribution >= 0.6 is 11.6 Å². The molecule has 0 radical (unpaired) electrons. The number of pyridine rings is 1. The summed E-state index contributed by atoms with van der Waals surface area (Å²) in [7, 11) is 0. The topological polar surface area (TPSA) is 16.1 Å². The highest BCUT2D eigenvalue weighted by atomic mass is 35.5. The number of halogens is 1. The first-order chi connectivity index (χ1) is 7.81. The van der Waals surface area contributed by atoms with Gasteiger partial charge in [0.1, 0.15) is 5.15 Å². The van der Waals surface area contributed by atoms with Gasteiger partial charge in [0.2, 0.25) is 0 Å². The van der Waals surface area contributed by atoms with E-state index < -0.39 is 0 Å². The van der Waals surface area contributed by atoms with E-state index in [1.165, 1.54) is 37.8 Å². The molecule has 1 aliphatic rings. The van der Waals surface area contributed by atoms with Gasteiger partial charge in [0.15, 0.2) is 0 Å². The molecule has 1 atom stereocenters. The van der Waals surface area contributed by atoms with Gasteiger partial charge in [-0.25, -0.2) is 4.98 Å². The van der Waals surface area contributed by atoms with E-state index in [2.05, 4.69) is 22.9 Å². The molecule has 3 heteroatoms. The van der Waals surface area contributed by atoms with Gasteiger partial charge in [0.05, 0.1) is 0 Å². The van der Waals surface area contributed by atoms with Crippen LogP contribution in [0.15, 0.2) is 18.3 Å². The molecule has 88 valence electrons. The summed E-state index contributed by atoms with van der Waals surface area (Å²) in [5.41, 5.74) is 1.23. The minimum Gasteiger partial charge on any atom is -0.368 e. The highest BCUT2D eigenvalue weighted by molar-refractivity contribution is 6.29. The van der Waals surface area contributed by atoms with Crippen molar-refractivity contribution < 1.29 is 0 Å². The summed E-state index contributed by atoms with van der Waals surface area (Å²) < 4.78 is 0. The number of rotatable bonds is 2. The molecule has 1 saturated heterocycles. The molecule has 2 nitrogen and oxygen atoms in total. The lowest BCUT2D eigenvalue weighted by atomic mass is 10.1. The fourth-order valence-corrected chi connectivity index (χ4v) is 2.68. The van der Waals surface area contributed by atoms with E-state index in [1.54, 1.807) is 6.20 Å². The van der Waals surface area contributed by atoms with Gasteiger partial charge in [-0.1, -0.05) is 31.4 Å². The largest absolute Gasteiger partial charge is 0.368 e. The molecule has 1 unspecified atom stereocenters. The second kappa shape index (κ2) is 5.53.